The minimum Gasteiger partial charge on any atom is -0.384 e. The zero-order chi connectivity index (χ0) is 14.8. The molecule has 0 saturated heterocycles. The fourth-order valence-electron chi connectivity index (χ4n) is 1.75. The van der Waals surface area contributed by atoms with E-state index in [1.54, 1.807) is 7.11 Å². The summed E-state index contributed by atoms with van der Waals surface area (Å²) < 4.78 is 10.5. The average Bonchev–Trinajstić information content (AvgIpc) is 2.39. The molecule has 0 aliphatic heterocycles. The average molecular weight is 280 g/mol. The monoisotopic (exact) mass is 280 g/mol. The molecule has 0 amide bonds. The summed E-state index contributed by atoms with van der Waals surface area (Å²) in [7, 11) is 1.68. The first-order valence-corrected chi connectivity index (χ1v) is 7.16. The first-order chi connectivity index (χ1) is 9.51. The molecule has 0 aromatic heterocycles. The number of ether oxygens (including phenoxy) is 2. The number of benzene rings is 1. The molecule has 0 aliphatic rings. The summed E-state index contributed by atoms with van der Waals surface area (Å²) in [5.41, 5.74) is 2.47. The SMILES string of the molecule is COCCOCc1cccc(NCCNC(C)(C)C)c1. The van der Waals surface area contributed by atoms with E-state index in [2.05, 4.69) is 55.7 Å². The van der Waals surface area contributed by atoms with Gasteiger partial charge >= 0.3 is 0 Å². The maximum absolute atomic E-state index is 5.52. The van der Waals surface area contributed by atoms with Crippen LogP contribution in [-0.2, 0) is 16.1 Å². The van der Waals surface area contributed by atoms with E-state index in [9.17, 15) is 0 Å². The lowest BCUT2D eigenvalue weighted by atomic mass is 10.1. The number of methoxy groups -OCH3 is 1. The molecule has 0 saturated carbocycles. The Balaban J connectivity index is 2.28. The lowest BCUT2D eigenvalue weighted by Crippen LogP contribution is -2.38. The van der Waals surface area contributed by atoms with Gasteiger partial charge in [0.25, 0.3) is 0 Å². The highest BCUT2D eigenvalue weighted by Crippen LogP contribution is 2.11. The quantitative estimate of drug-likeness (QED) is 0.683. The molecule has 0 aliphatic carbocycles. The predicted octanol–water partition coefficient (Wildman–Crippen LogP) is 2.65. The molecule has 4 nitrogen and oxygen atoms in total. The van der Waals surface area contributed by atoms with Crippen molar-refractivity contribution >= 4 is 5.69 Å². The molecular weight excluding hydrogens is 252 g/mol. The van der Waals surface area contributed by atoms with Crippen LogP contribution in [0.15, 0.2) is 24.3 Å². The van der Waals surface area contributed by atoms with Gasteiger partial charge in [-0.05, 0) is 38.5 Å². The second-order valence-corrected chi connectivity index (χ2v) is 5.85. The Kier molecular flexibility index (Phi) is 7.59. The van der Waals surface area contributed by atoms with Gasteiger partial charge in [-0.15, -0.1) is 0 Å². The van der Waals surface area contributed by atoms with Gasteiger partial charge in [-0.3, -0.25) is 0 Å². The van der Waals surface area contributed by atoms with Crippen molar-refractivity contribution in [3.05, 3.63) is 29.8 Å². The van der Waals surface area contributed by atoms with E-state index in [1.165, 1.54) is 5.56 Å². The predicted molar refractivity (Wildman–Crippen MR) is 84.2 cm³/mol. The lowest BCUT2D eigenvalue weighted by molar-refractivity contribution is 0.0617. The molecule has 2 N–H and O–H groups in total. The Labute approximate surface area is 122 Å². The number of anilines is 1. The molecule has 0 spiro atoms. The zero-order valence-electron chi connectivity index (χ0n) is 13.2. The first kappa shape index (κ1) is 17.0. The molecule has 0 bridgehead atoms. The third kappa shape index (κ3) is 8.15. The van der Waals surface area contributed by atoms with Crippen LogP contribution in [0.2, 0.25) is 0 Å². The third-order valence-electron chi connectivity index (χ3n) is 2.74. The molecule has 0 radical (unpaired) electrons. The summed E-state index contributed by atoms with van der Waals surface area (Å²) in [6.45, 7) is 10.3. The first-order valence-electron chi connectivity index (χ1n) is 7.16. The molecule has 4 heteroatoms. The van der Waals surface area contributed by atoms with Crippen LogP contribution in [-0.4, -0.2) is 39.0 Å². The maximum Gasteiger partial charge on any atom is 0.0718 e. The molecule has 0 atom stereocenters. The number of nitrogens with one attached hydrogen (secondary N) is 2. The summed E-state index contributed by atoms with van der Waals surface area (Å²) in [4.78, 5) is 0. The highest BCUT2D eigenvalue weighted by Gasteiger charge is 2.06. The molecule has 114 valence electrons. The largest absolute Gasteiger partial charge is 0.384 e. The summed E-state index contributed by atoms with van der Waals surface area (Å²) in [6.07, 6.45) is 0. The van der Waals surface area contributed by atoms with E-state index in [-0.39, 0.29) is 5.54 Å². The molecule has 1 aromatic rings. The second kappa shape index (κ2) is 8.95. The van der Waals surface area contributed by atoms with E-state index < -0.39 is 0 Å². The minimum absolute atomic E-state index is 0.165. The van der Waals surface area contributed by atoms with Crippen LogP contribution in [0.5, 0.6) is 0 Å². The fourth-order valence-corrected chi connectivity index (χ4v) is 1.75. The van der Waals surface area contributed by atoms with Crippen molar-refractivity contribution in [1.82, 2.24) is 5.32 Å². The summed E-state index contributed by atoms with van der Waals surface area (Å²) in [5, 5.41) is 6.87. The van der Waals surface area contributed by atoms with Crippen LogP contribution < -0.4 is 10.6 Å². The Morgan fingerprint density at radius 1 is 1.10 bits per heavy atom. The van der Waals surface area contributed by atoms with Crippen molar-refractivity contribution < 1.29 is 9.47 Å². The van der Waals surface area contributed by atoms with Gasteiger partial charge < -0.3 is 20.1 Å². The summed E-state index contributed by atoms with van der Waals surface area (Å²) in [5.74, 6) is 0. The highest BCUT2D eigenvalue weighted by atomic mass is 16.5. The van der Waals surface area contributed by atoms with Crippen LogP contribution in [0, 0.1) is 0 Å². The van der Waals surface area contributed by atoms with Crippen molar-refractivity contribution in [2.75, 3.05) is 38.7 Å². The smallest absolute Gasteiger partial charge is 0.0718 e. The van der Waals surface area contributed by atoms with E-state index in [4.69, 9.17) is 9.47 Å². The van der Waals surface area contributed by atoms with Gasteiger partial charge in [0, 0.05) is 31.4 Å². The van der Waals surface area contributed by atoms with Crippen LogP contribution in [0.25, 0.3) is 0 Å². The topological polar surface area (TPSA) is 42.5 Å². The standard InChI is InChI=1S/C16H28N2O2/c1-16(2,3)18-9-8-17-15-7-5-6-14(12-15)13-20-11-10-19-4/h5-7,12,17-18H,8-11,13H2,1-4H3. The molecular formula is C16H28N2O2. The normalized spacial score (nSPS) is 11.6. The van der Waals surface area contributed by atoms with Gasteiger partial charge in [0.05, 0.1) is 19.8 Å². The van der Waals surface area contributed by atoms with Crippen LogP contribution in [0.3, 0.4) is 0 Å². The Morgan fingerprint density at radius 2 is 1.90 bits per heavy atom. The van der Waals surface area contributed by atoms with Gasteiger partial charge in [0.15, 0.2) is 0 Å². The summed E-state index contributed by atoms with van der Waals surface area (Å²) >= 11 is 0. The Hall–Kier alpha value is -1.10. The molecule has 0 heterocycles. The number of hydrogen-bond donors (Lipinski definition) is 2. The third-order valence-corrected chi connectivity index (χ3v) is 2.74. The van der Waals surface area contributed by atoms with Gasteiger partial charge in [-0.2, -0.15) is 0 Å². The number of hydrogen-bond acceptors (Lipinski definition) is 4. The molecule has 0 fully saturated rings. The zero-order valence-corrected chi connectivity index (χ0v) is 13.2. The Morgan fingerprint density at radius 3 is 2.60 bits per heavy atom. The molecule has 0 unspecified atom stereocenters. The van der Waals surface area contributed by atoms with Gasteiger partial charge in [-0.1, -0.05) is 12.1 Å². The van der Waals surface area contributed by atoms with Crippen molar-refractivity contribution in [3.63, 3.8) is 0 Å². The fraction of sp³-hybridized carbons (Fsp3) is 0.625. The van der Waals surface area contributed by atoms with Gasteiger partial charge in [0.2, 0.25) is 0 Å². The second-order valence-electron chi connectivity index (χ2n) is 5.85. The van der Waals surface area contributed by atoms with Crippen LogP contribution in [0.1, 0.15) is 26.3 Å². The number of rotatable bonds is 9. The van der Waals surface area contributed by atoms with Crippen molar-refractivity contribution in [2.24, 2.45) is 0 Å². The van der Waals surface area contributed by atoms with Crippen LogP contribution in [0.4, 0.5) is 5.69 Å². The van der Waals surface area contributed by atoms with E-state index in [0.29, 0.717) is 19.8 Å². The van der Waals surface area contributed by atoms with Gasteiger partial charge in [-0.25, -0.2) is 0 Å². The van der Waals surface area contributed by atoms with Gasteiger partial charge in [0.1, 0.15) is 0 Å². The molecule has 1 aromatic carbocycles. The van der Waals surface area contributed by atoms with Crippen molar-refractivity contribution in [1.29, 1.82) is 0 Å². The van der Waals surface area contributed by atoms with E-state index in [0.717, 1.165) is 18.8 Å². The minimum atomic E-state index is 0.165. The lowest BCUT2D eigenvalue weighted by Gasteiger charge is -2.20. The van der Waals surface area contributed by atoms with Crippen molar-refractivity contribution in [3.8, 4) is 0 Å². The van der Waals surface area contributed by atoms with Crippen LogP contribution >= 0.6 is 0 Å². The van der Waals surface area contributed by atoms with Crippen molar-refractivity contribution in [2.45, 2.75) is 32.9 Å². The highest BCUT2D eigenvalue weighted by molar-refractivity contribution is 5.45. The molecule has 1 rings (SSSR count). The Bertz CT molecular complexity index is 375. The molecule has 20 heavy (non-hydrogen) atoms. The summed E-state index contributed by atoms with van der Waals surface area (Å²) in [6, 6.07) is 8.33. The van der Waals surface area contributed by atoms with E-state index in [1.807, 2.05) is 0 Å². The maximum atomic E-state index is 5.52. The van der Waals surface area contributed by atoms with E-state index >= 15 is 0 Å².